The molecule has 34 heavy (non-hydrogen) atoms. The first kappa shape index (κ1) is 32.9. The van der Waals surface area contributed by atoms with Crippen molar-refractivity contribution in [3.63, 3.8) is 0 Å². The Labute approximate surface area is 200 Å². The zero-order valence-corrected chi connectivity index (χ0v) is 20.5. The van der Waals surface area contributed by atoms with Crippen molar-refractivity contribution in [3.05, 3.63) is 12.2 Å². The van der Waals surface area contributed by atoms with Gasteiger partial charge in [-0.05, 0) is 26.2 Å². The number of nitrogens with zero attached hydrogens (tertiary/aromatic N) is 1. The van der Waals surface area contributed by atoms with E-state index in [1.807, 2.05) is 20.8 Å². The molecule has 1 unspecified atom stereocenters. The van der Waals surface area contributed by atoms with E-state index in [0.717, 1.165) is 11.3 Å². The highest BCUT2D eigenvalue weighted by atomic mass is 16.3. The van der Waals surface area contributed by atoms with Gasteiger partial charge in [-0.3, -0.25) is 28.9 Å². The molecule has 1 aliphatic rings. The molecule has 194 valence electrons. The van der Waals surface area contributed by atoms with Gasteiger partial charge in [0, 0.05) is 31.7 Å². The molecule has 0 spiro atoms. The first-order valence-electron chi connectivity index (χ1n) is 11.4. The average molecular weight is 486 g/mol. The third kappa shape index (κ3) is 16.4. The lowest BCUT2D eigenvalue weighted by molar-refractivity contribution is -0.137. The Hall–Kier alpha value is -3.28. The molecule has 1 aliphatic heterocycles. The maximum Gasteiger partial charge on any atom is 0.312 e. The zero-order valence-electron chi connectivity index (χ0n) is 20.5. The van der Waals surface area contributed by atoms with Crippen molar-refractivity contribution in [2.75, 3.05) is 26.2 Å². The standard InChI is InChI=1S/C16H23N3O6.C4H10N2O.C2H6/c1-11(21)9-17-16(25)12(10-20)18-13(22)5-3-2-4-8-19-14(23)6-7-15(19)24;1-2-3-6-4(5)7;1-2/h6-7,12,20H,2-5,8-10H2,1H3,(H,17,25)(H,18,22);2-3H2,1H3,(H3,5,6,7);1-2H3. The molecule has 0 saturated carbocycles. The maximum atomic E-state index is 11.8. The summed E-state index contributed by atoms with van der Waals surface area (Å²) in [4.78, 5) is 68.0. The normalized spacial score (nSPS) is 12.6. The quantitative estimate of drug-likeness (QED) is 0.175. The summed E-state index contributed by atoms with van der Waals surface area (Å²) in [6.07, 6.45) is 5.26. The molecular formula is C22H39N5O7. The summed E-state index contributed by atoms with van der Waals surface area (Å²) in [5.74, 6) is -1.91. The minimum atomic E-state index is -1.10. The number of Topliss-reactive ketones (excluding diaryl/α,β-unsaturated/α-hetero) is 1. The van der Waals surface area contributed by atoms with Crippen molar-refractivity contribution in [1.82, 2.24) is 20.9 Å². The summed E-state index contributed by atoms with van der Waals surface area (Å²) in [5, 5.41) is 16.3. The molecule has 1 atom stereocenters. The van der Waals surface area contributed by atoms with Crippen LogP contribution < -0.4 is 21.7 Å². The number of nitrogens with two attached hydrogens (primary N) is 1. The Morgan fingerprint density at radius 1 is 1.03 bits per heavy atom. The second kappa shape index (κ2) is 20.3. The lowest BCUT2D eigenvalue weighted by atomic mass is 10.1. The molecule has 0 saturated heterocycles. The molecule has 0 aromatic rings. The Morgan fingerprint density at radius 3 is 2.06 bits per heavy atom. The first-order chi connectivity index (χ1) is 16.1. The Morgan fingerprint density at radius 2 is 1.62 bits per heavy atom. The molecular weight excluding hydrogens is 446 g/mol. The number of hydrogen-bond donors (Lipinski definition) is 5. The molecule has 1 rings (SSSR count). The molecule has 0 fully saturated rings. The highest BCUT2D eigenvalue weighted by Crippen LogP contribution is 2.07. The highest BCUT2D eigenvalue weighted by Gasteiger charge is 2.22. The topological polar surface area (TPSA) is 188 Å². The number of hydrogen-bond acceptors (Lipinski definition) is 7. The predicted octanol–water partition coefficient (Wildman–Crippen LogP) is -0.255. The molecule has 0 aliphatic carbocycles. The SMILES string of the molecule is CC.CC(=O)CNC(=O)C(CO)NC(=O)CCCCCN1C(=O)C=CC1=O.CCCNC(N)=O. The van der Waals surface area contributed by atoms with E-state index in [1.54, 1.807) is 0 Å². The van der Waals surface area contributed by atoms with Crippen molar-refractivity contribution in [2.45, 2.75) is 65.8 Å². The van der Waals surface area contributed by atoms with Crippen LogP contribution in [0.3, 0.4) is 0 Å². The number of imide groups is 1. The lowest BCUT2D eigenvalue weighted by Crippen LogP contribution is -2.49. The van der Waals surface area contributed by atoms with E-state index < -0.39 is 30.5 Å². The van der Waals surface area contributed by atoms with E-state index in [0.29, 0.717) is 32.4 Å². The summed E-state index contributed by atoms with van der Waals surface area (Å²) in [6, 6.07) is -1.54. The van der Waals surface area contributed by atoms with Gasteiger partial charge in [0.2, 0.25) is 11.8 Å². The number of aliphatic hydroxyl groups excluding tert-OH is 1. The van der Waals surface area contributed by atoms with Gasteiger partial charge < -0.3 is 26.8 Å². The lowest BCUT2D eigenvalue weighted by Gasteiger charge is -2.16. The third-order valence-electron chi connectivity index (χ3n) is 4.08. The summed E-state index contributed by atoms with van der Waals surface area (Å²) >= 11 is 0. The fourth-order valence-corrected chi connectivity index (χ4v) is 2.43. The van der Waals surface area contributed by atoms with Crippen LogP contribution in [-0.2, 0) is 24.0 Å². The predicted molar refractivity (Wildman–Crippen MR) is 126 cm³/mol. The van der Waals surface area contributed by atoms with E-state index in [1.165, 1.54) is 19.1 Å². The number of carbonyl (C=O) groups is 6. The molecule has 12 nitrogen and oxygen atoms in total. The summed E-state index contributed by atoms with van der Waals surface area (Å²) in [7, 11) is 0. The second-order valence-corrected chi connectivity index (χ2v) is 6.99. The van der Waals surface area contributed by atoms with Gasteiger partial charge in [0.05, 0.1) is 13.2 Å². The number of primary amides is 1. The molecule has 0 aromatic heterocycles. The van der Waals surface area contributed by atoms with Gasteiger partial charge in [0.15, 0.2) is 0 Å². The van der Waals surface area contributed by atoms with Crippen LogP contribution >= 0.6 is 0 Å². The Bertz CT molecular complexity index is 692. The van der Waals surface area contributed by atoms with Crippen LogP contribution in [0.2, 0.25) is 0 Å². The van der Waals surface area contributed by atoms with Crippen molar-refractivity contribution >= 4 is 35.4 Å². The number of rotatable bonds is 13. The van der Waals surface area contributed by atoms with E-state index in [2.05, 4.69) is 16.0 Å². The molecule has 0 aromatic carbocycles. The molecule has 6 amide bonds. The van der Waals surface area contributed by atoms with Crippen molar-refractivity contribution in [2.24, 2.45) is 5.73 Å². The van der Waals surface area contributed by atoms with Crippen LogP contribution in [0.1, 0.15) is 59.8 Å². The van der Waals surface area contributed by atoms with Crippen LogP contribution in [0.5, 0.6) is 0 Å². The number of ketones is 1. The third-order valence-corrected chi connectivity index (χ3v) is 4.08. The monoisotopic (exact) mass is 485 g/mol. The van der Waals surface area contributed by atoms with E-state index in [-0.39, 0.29) is 30.6 Å². The zero-order chi connectivity index (χ0) is 26.5. The summed E-state index contributed by atoms with van der Waals surface area (Å²) < 4.78 is 0. The van der Waals surface area contributed by atoms with E-state index in [4.69, 9.17) is 10.8 Å². The summed E-state index contributed by atoms with van der Waals surface area (Å²) in [6.45, 7) is 7.53. The smallest absolute Gasteiger partial charge is 0.312 e. The Balaban J connectivity index is 0. The van der Waals surface area contributed by atoms with Crippen molar-refractivity contribution in [1.29, 1.82) is 0 Å². The maximum absolute atomic E-state index is 11.8. The number of amides is 6. The first-order valence-corrected chi connectivity index (χ1v) is 11.4. The number of unbranched alkanes of at least 4 members (excludes halogenated alkanes) is 2. The minimum Gasteiger partial charge on any atom is -0.394 e. The van der Waals surface area contributed by atoms with Crippen LogP contribution in [0.25, 0.3) is 0 Å². The number of nitrogens with one attached hydrogen (secondary N) is 3. The fourth-order valence-electron chi connectivity index (χ4n) is 2.43. The number of carbonyl (C=O) groups excluding carboxylic acids is 6. The molecule has 0 radical (unpaired) electrons. The van der Waals surface area contributed by atoms with Gasteiger partial charge in [0.1, 0.15) is 11.8 Å². The van der Waals surface area contributed by atoms with Gasteiger partial charge >= 0.3 is 6.03 Å². The number of urea groups is 1. The van der Waals surface area contributed by atoms with E-state index >= 15 is 0 Å². The Kier molecular flexibility index (Phi) is 19.7. The molecule has 12 heteroatoms. The van der Waals surface area contributed by atoms with Crippen molar-refractivity contribution in [3.8, 4) is 0 Å². The second-order valence-electron chi connectivity index (χ2n) is 6.99. The molecule has 0 bridgehead atoms. The van der Waals surface area contributed by atoms with Gasteiger partial charge in [-0.15, -0.1) is 0 Å². The number of aliphatic hydroxyl groups is 1. The van der Waals surface area contributed by atoms with Crippen LogP contribution in [0.15, 0.2) is 12.2 Å². The molecule has 6 N–H and O–H groups in total. The van der Waals surface area contributed by atoms with Gasteiger partial charge in [0.25, 0.3) is 11.8 Å². The van der Waals surface area contributed by atoms with E-state index in [9.17, 15) is 28.8 Å². The average Bonchev–Trinajstić information content (AvgIpc) is 3.13. The van der Waals surface area contributed by atoms with Crippen molar-refractivity contribution < 1.29 is 33.9 Å². The highest BCUT2D eigenvalue weighted by molar-refractivity contribution is 6.12. The van der Waals surface area contributed by atoms with Gasteiger partial charge in [-0.25, -0.2) is 4.79 Å². The van der Waals surface area contributed by atoms with Gasteiger partial charge in [-0.2, -0.15) is 0 Å². The fraction of sp³-hybridized carbons (Fsp3) is 0.636. The van der Waals surface area contributed by atoms with Crippen LogP contribution in [-0.4, -0.2) is 77.7 Å². The summed E-state index contributed by atoms with van der Waals surface area (Å²) in [5.41, 5.74) is 4.73. The van der Waals surface area contributed by atoms with Crippen LogP contribution in [0, 0.1) is 0 Å². The molecule has 1 heterocycles. The minimum absolute atomic E-state index is 0.149. The largest absolute Gasteiger partial charge is 0.394 e. The van der Waals surface area contributed by atoms with Crippen LogP contribution in [0.4, 0.5) is 4.79 Å². The van der Waals surface area contributed by atoms with Gasteiger partial charge in [-0.1, -0.05) is 27.2 Å².